The van der Waals surface area contributed by atoms with Crippen LogP contribution in [0, 0.1) is 5.92 Å². The molecule has 1 atom stereocenters. The number of carbonyl (C=O) groups excluding carboxylic acids is 1. The van der Waals surface area contributed by atoms with Gasteiger partial charge in [0.2, 0.25) is 5.91 Å². The highest BCUT2D eigenvalue weighted by Gasteiger charge is 2.14. The first-order chi connectivity index (χ1) is 14.5. The van der Waals surface area contributed by atoms with Gasteiger partial charge < -0.3 is 15.2 Å². The first kappa shape index (κ1) is 19.9. The first-order valence-electron chi connectivity index (χ1n) is 10.1. The van der Waals surface area contributed by atoms with Crippen molar-refractivity contribution in [2.45, 2.75) is 6.92 Å². The quantitative estimate of drug-likeness (QED) is 0.479. The normalized spacial score (nSPS) is 12.3. The van der Waals surface area contributed by atoms with Gasteiger partial charge in [0, 0.05) is 23.7 Å². The van der Waals surface area contributed by atoms with E-state index in [0.29, 0.717) is 0 Å². The van der Waals surface area contributed by atoms with Crippen LogP contribution in [0.2, 0.25) is 0 Å². The second-order valence-electron chi connectivity index (χ2n) is 7.91. The third-order valence-corrected chi connectivity index (χ3v) is 5.12. The summed E-state index contributed by atoms with van der Waals surface area (Å²) in [5.74, 6) is 0.838. The summed E-state index contributed by atoms with van der Waals surface area (Å²) in [5.41, 5.74) is 6.09. The van der Waals surface area contributed by atoms with Gasteiger partial charge in [0.15, 0.2) is 0 Å². The van der Waals surface area contributed by atoms with Crippen molar-refractivity contribution >= 4 is 22.6 Å². The molecule has 3 aromatic carbocycles. The highest BCUT2D eigenvalue weighted by molar-refractivity contribution is 5.92. The number of fused-ring (bicyclic) bond motifs is 1. The van der Waals surface area contributed by atoms with Crippen LogP contribution in [0.5, 0.6) is 0 Å². The van der Waals surface area contributed by atoms with Gasteiger partial charge in [-0.3, -0.25) is 4.79 Å². The minimum absolute atomic E-state index is 0.0339. The summed E-state index contributed by atoms with van der Waals surface area (Å²) in [6, 6.07) is 24.3. The first-order valence-corrected chi connectivity index (χ1v) is 10.1. The monoisotopic (exact) mass is 398 g/mol. The summed E-state index contributed by atoms with van der Waals surface area (Å²) in [6.07, 6.45) is 0. The Morgan fingerprint density at radius 2 is 1.53 bits per heavy atom. The number of hydrogen-bond donors (Lipinski definition) is 2. The molecule has 5 nitrogen and oxygen atoms in total. The summed E-state index contributed by atoms with van der Waals surface area (Å²) in [6.45, 7) is 2.66. The number of nitrogens with one attached hydrogen (secondary N) is 2. The lowest BCUT2D eigenvalue weighted by Gasteiger charge is -2.16. The number of H-pyrrole nitrogens is 1. The van der Waals surface area contributed by atoms with Gasteiger partial charge in [0.1, 0.15) is 5.82 Å². The molecule has 1 aromatic heterocycles. The molecule has 0 bridgehead atoms. The number of imidazole rings is 1. The number of hydrogen-bond acceptors (Lipinski definition) is 3. The van der Waals surface area contributed by atoms with Crippen molar-refractivity contribution in [3.8, 4) is 22.5 Å². The molecule has 0 fully saturated rings. The molecule has 30 heavy (non-hydrogen) atoms. The molecule has 0 saturated carbocycles. The van der Waals surface area contributed by atoms with E-state index in [1.54, 1.807) is 0 Å². The Hall–Kier alpha value is -3.44. The van der Waals surface area contributed by atoms with Crippen LogP contribution in [0.4, 0.5) is 5.69 Å². The van der Waals surface area contributed by atoms with Crippen molar-refractivity contribution in [2.75, 3.05) is 26.0 Å². The number of carbonyl (C=O) groups is 1. The highest BCUT2D eigenvalue weighted by Crippen LogP contribution is 2.26. The van der Waals surface area contributed by atoms with Crippen molar-refractivity contribution < 1.29 is 4.79 Å². The second-order valence-corrected chi connectivity index (χ2v) is 7.91. The van der Waals surface area contributed by atoms with Crippen molar-refractivity contribution in [2.24, 2.45) is 5.92 Å². The SMILES string of the molecule is CC(CN(C)C)C(=O)Nc1ccc(-c2ccc(-c3nc4ccccc4[nH]3)cc2)cc1. The highest BCUT2D eigenvalue weighted by atomic mass is 16.1. The molecule has 2 N–H and O–H groups in total. The zero-order valence-electron chi connectivity index (χ0n) is 17.5. The van der Waals surface area contributed by atoms with Crippen LogP contribution in [0.3, 0.4) is 0 Å². The van der Waals surface area contributed by atoms with E-state index in [1.807, 2.05) is 74.4 Å². The predicted molar refractivity (Wildman–Crippen MR) is 123 cm³/mol. The number of anilines is 1. The van der Waals surface area contributed by atoms with E-state index in [-0.39, 0.29) is 11.8 Å². The molecule has 0 aliphatic heterocycles. The number of rotatable bonds is 6. The summed E-state index contributed by atoms with van der Waals surface area (Å²) < 4.78 is 0. The zero-order valence-corrected chi connectivity index (χ0v) is 17.5. The van der Waals surface area contributed by atoms with Crippen LogP contribution < -0.4 is 5.32 Å². The summed E-state index contributed by atoms with van der Waals surface area (Å²) in [4.78, 5) is 22.3. The van der Waals surface area contributed by atoms with E-state index in [2.05, 4.69) is 39.6 Å². The van der Waals surface area contributed by atoms with Crippen LogP contribution in [0.15, 0.2) is 72.8 Å². The fraction of sp³-hybridized carbons (Fsp3) is 0.200. The van der Waals surface area contributed by atoms with E-state index in [4.69, 9.17) is 0 Å². The molecule has 1 unspecified atom stereocenters. The van der Waals surface area contributed by atoms with E-state index in [0.717, 1.165) is 45.8 Å². The largest absolute Gasteiger partial charge is 0.338 e. The van der Waals surface area contributed by atoms with Gasteiger partial charge in [0.05, 0.1) is 11.0 Å². The molecule has 152 valence electrons. The fourth-order valence-corrected chi connectivity index (χ4v) is 3.55. The Labute approximate surface area is 176 Å². The molecular formula is C25H26N4O. The lowest BCUT2D eigenvalue weighted by molar-refractivity contribution is -0.119. The van der Waals surface area contributed by atoms with E-state index in [9.17, 15) is 4.79 Å². The van der Waals surface area contributed by atoms with Crippen LogP contribution in [0.1, 0.15) is 6.92 Å². The van der Waals surface area contributed by atoms with E-state index < -0.39 is 0 Å². The maximum atomic E-state index is 12.3. The van der Waals surface area contributed by atoms with Gasteiger partial charge in [-0.05, 0) is 49.5 Å². The predicted octanol–water partition coefficient (Wildman–Crippen LogP) is 5.03. The van der Waals surface area contributed by atoms with Gasteiger partial charge in [0.25, 0.3) is 0 Å². The molecule has 0 spiro atoms. The van der Waals surface area contributed by atoms with Gasteiger partial charge in [-0.25, -0.2) is 4.98 Å². The molecule has 0 aliphatic rings. The molecule has 0 aliphatic carbocycles. The van der Waals surface area contributed by atoms with E-state index >= 15 is 0 Å². The maximum absolute atomic E-state index is 12.3. The number of aromatic amines is 1. The number of benzene rings is 3. The summed E-state index contributed by atoms with van der Waals surface area (Å²) in [7, 11) is 3.94. The lowest BCUT2D eigenvalue weighted by Crippen LogP contribution is -2.29. The summed E-state index contributed by atoms with van der Waals surface area (Å²) in [5, 5.41) is 2.99. The molecule has 4 aromatic rings. The Balaban J connectivity index is 1.46. The zero-order chi connectivity index (χ0) is 21.1. The Kier molecular flexibility index (Phi) is 5.63. The molecule has 0 radical (unpaired) electrons. The van der Waals surface area contributed by atoms with Crippen LogP contribution in [0.25, 0.3) is 33.5 Å². The standard InChI is InChI=1S/C25H26N4O/c1-17(16-29(2)3)25(30)26-21-14-12-19(13-15-21)18-8-10-20(11-9-18)24-27-22-6-4-5-7-23(22)28-24/h4-15,17H,16H2,1-3H3,(H,26,30)(H,27,28). The van der Waals surface area contributed by atoms with Crippen LogP contribution >= 0.6 is 0 Å². The molecular weight excluding hydrogens is 372 g/mol. The number of aromatic nitrogens is 2. The van der Waals surface area contributed by atoms with Crippen molar-refractivity contribution in [3.63, 3.8) is 0 Å². The Morgan fingerprint density at radius 3 is 2.17 bits per heavy atom. The van der Waals surface area contributed by atoms with Gasteiger partial charge in [-0.2, -0.15) is 0 Å². The molecule has 1 amide bonds. The number of para-hydroxylation sites is 2. The summed E-state index contributed by atoms with van der Waals surface area (Å²) >= 11 is 0. The van der Waals surface area contributed by atoms with Crippen LogP contribution in [-0.2, 0) is 4.79 Å². The maximum Gasteiger partial charge on any atom is 0.228 e. The third-order valence-electron chi connectivity index (χ3n) is 5.12. The molecule has 5 heteroatoms. The molecule has 4 rings (SSSR count). The van der Waals surface area contributed by atoms with Crippen molar-refractivity contribution in [3.05, 3.63) is 72.8 Å². The van der Waals surface area contributed by atoms with E-state index in [1.165, 1.54) is 0 Å². The molecule has 0 saturated heterocycles. The van der Waals surface area contributed by atoms with Crippen molar-refractivity contribution in [1.82, 2.24) is 14.9 Å². The lowest BCUT2D eigenvalue weighted by atomic mass is 10.0. The fourth-order valence-electron chi connectivity index (χ4n) is 3.55. The van der Waals surface area contributed by atoms with Crippen molar-refractivity contribution in [1.29, 1.82) is 0 Å². The Bertz CT molecular complexity index is 1110. The van der Waals surface area contributed by atoms with Crippen LogP contribution in [-0.4, -0.2) is 41.4 Å². The topological polar surface area (TPSA) is 61.0 Å². The second kappa shape index (κ2) is 8.51. The minimum atomic E-state index is -0.0644. The van der Waals surface area contributed by atoms with Gasteiger partial charge in [-0.15, -0.1) is 0 Å². The average Bonchev–Trinajstić information content (AvgIpc) is 3.18. The molecule has 1 heterocycles. The minimum Gasteiger partial charge on any atom is -0.338 e. The number of nitrogens with zero attached hydrogens (tertiary/aromatic N) is 2. The Morgan fingerprint density at radius 1 is 0.933 bits per heavy atom. The number of amides is 1. The van der Waals surface area contributed by atoms with Gasteiger partial charge >= 0.3 is 0 Å². The van der Waals surface area contributed by atoms with Gasteiger partial charge in [-0.1, -0.05) is 55.5 Å². The third kappa shape index (κ3) is 4.42. The smallest absolute Gasteiger partial charge is 0.228 e. The average molecular weight is 399 g/mol.